The number of rotatable bonds is 3. The van der Waals surface area contributed by atoms with Gasteiger partial charge in [-0.3, -0.25) is 4.79 Å². The Labute approximate surface area is 116 Å². The summed E-state index contributed by atoms with van der Waals surface area (Å²) in [6.07, 6.45) is 3.01. The van der Waals surface area contributed by atoms with Gasteiger partial charge in [0.25, 0.3) is 5.91 Å². The predicted molar refractivity (Wildman–Crippen MR) is 74.8 cm³/mol. The summed E-state index contributed by atoms with van der Waals surface area (Å²) in [4.78, 5) is 21.4. The number of hydrogen-bond acceptors (Lipinski definition) is 4. The van der Waals surface area contributed by atoms with Crippen molar-refractivity contribution < 1.29 is 4.79 Å². The van der Waals surface area contributed by atoms with Crippen LogP contribution < -0.4 is 5.32 Å². The number of anilines is 2. The highest BCUT2D eigenvalue weighted by molar-refractivity contribution is 6.30. The van der Waals surface area contributed by atoms with E-state index in [1.165, 1.54) is 17.3 Å². The second-order valence-electron chi connectivity index (χ2n) is 4.13. The van der Waals surface area contributed by atoms with Gasteiger partial charge in [0.1, 0.15) is 0 Å². The van der Waals surface area contributed by atoms with Crippen LogP contribution in [0.15, 0.2) is 36.7 Å². The quantitative estimate of drug-likeness (QED) is 0.936. The van der Waals surface area contributed by atoms with Crippen LogP contribution in [-0.2, 0) is 0 Å². The molecule has 0 radical (unpaired) electrons. The molecule has 0 saturated carbocycles. The molecule has 6 heteroatoms. The first-order valence-electron chi connectivity index (χ1n) is 5.62. The number of nitrogens with zero attached hydrogens (tertiary/aromatic N) is 3. The van der Waals surface area contributed by atoms with Crippen LogP contribution in [-0.4, -0.2) is 34.9 Å². The highest BCUT2D eigenvalue weighted by Gasteiger charge is 2.08. The fraction of sp³-hybridized carbons (Fsp3) is 0.154. The second-order valence-corrected chi connectivity index (χ2v) is 4.57. The molecule has 0 bridgehead atoms. The van der Waals surface area contributed by atoms with Crippen LogP contribution in [0.4, 0.5) is 11.6 Å². The van der Waals surface area contributed by atoms with Crippen molar-refractivity contribution in [3.63, 3.8) is 0 Å². The summed E-state index contributed by atoms with van der Waals surface area (Å²) >= 11 is 5.71. The van der Waals surface area contributed by atoms with Gasteiger partial charge >= 0.3 is 0 Å². The van der Waals surface area contributed by atoms with Crippen LogP contribution in [0.1, 0.15) is 10.4 Å². The minimum absolute atomic E-state index is 0.0549. The Kier molecular flexibility index (Phi) is 3.97. The normalized spacial score (nSPS) is 10.1. The van der Waals surface area contributed by atoms with Gasteiger partial charge in [0.15, 0.2) is 0 Å². The number of aromatic nitrogens is 2. The monoisotopic (exact) mass is 276 g/mol. The maximum atomic E-state index is 11.8. The summed E-state index contributed by atoms with van der Waals surface area (Å²) in [5, 5.41) is 3.49. The zero-order valence-electron chi connectivity index (χ0n) is 10.6. The lowest BCUT2D eigenvalue weighted by atomic mass is 10.2. The molecule has 0 aliphatic carbocycles. The number of halogens is 1. The molecule has 98 valence electrons. The highest BCUT2D eigenvalue weighted by atomic mass is 35.5. The molecule has 0 aliphatic rings. The third kappa shape index (κ3) is 3.42. The van der Waals surface area contributed by atoms with E-state index in [4.69, 9.17) is 11.6 Å². The van der Waals surface area contributed by atoms with E-state index in [1.807, 2.05) is 6.07 Å². The molecule has 1 aromatic heterocycles. The summed E-state index contributed by atoms with van der Waals surface area (Å²) in [7, 11) is 3.43. The molecule has 0 aliphatic heterocycles. The summed E-state index contributed by atoms with van der Waals surface area (Å²) < 4.78 is 0. The van der Waals surface area contributed by atoms with Crippen LogP contribution in [0.3, 0.4) is 0 Å². The van der Waals surface area contributed by atoms with Gasteiger partial charge in [-0.2, -0.15) is 0 Å². The molecule has 0 atom stereocenters. The highest BCUT2D eigenvalue weighted by Crippen LogP contribution is 2.16. The van der Waals surface area contributed by atoms with E-state index in [-0.39, 0.29) is 5.91 Å². The van der Waals surface area contributed by atoms with Gasteiger partial charge < -0.3 is 10.2 Å². The van der Waals surface area contributed by atoms with Crippen LogP contribution in [0.5, 0.6) is 0 Å². The van der Waals surface area contributed by atoms with E-state index in [9.17, 15) is 4.79 Å². The Hall–Kier alpha value is -2.14. The average Bonchev–Trinajstić information content (AvgIpc) is 2.41. The number of benzene rings is 1. The van der Waals surface area contributed by atoms with Crippen molar-refractivity contribution in [1.29, 1.82) is 0 Å². The van der Waals surface area contributed by atoms with Gasteiger partial charge in [0.2, 0.25) is 5.95 Å². The molecule has 2 aromatic rings. The number of carbonyl (C=O) groups excluding carboxylic acids is 1. The predicted octanol–water partition coefficient (Wildman–Crippen LogP) is 2.58. The maximum absolute atomic E-state index is 11.8. The molecule has 1 N–H and O–H groups in total. The number of carbonyl (C=O) groups is 1. The lowest BCUT2D eigenvalue weighted by molar-refractivity contribution is 0.0827. The molecule has 0 spiro atoms. The zero-order chi connectivity index (χ0) is 13.8. The van der Waals surface area contributed by atoms with Crippen molar-refractivity contribution in [2.75, 3.05) is 19.4 Å². The molecule has 1 amide bonds. The summed E-state index contributed by atoms with van der Waals surface area (Å²) in [6.45, 7) is 0. The van der Waals surface area contributed by atoms with Crippen molar-refractivity contribution in [3.8, 4) is 0 Å². The number of amides is 1. The third-order valence-corrected chi connectivity index (χ3v) is 2.59. The largest absolute Gasteiger partial charge is 0.345 e. The average molecular weight is 277 g/mol. The molecule has 0 fully saturated rings. The Bertz CT molecular complexity index is 583. The van der Waals surface area contributed by atoms with E-state index in [1.54, 1.807) is 32.3 Å². The third-order valence-electron chi connectivity index (χ3n) is 2.39. The minimum Gasteiger partial charge on any atom is -0.345 e. The Morgan fingerprint density at radius 1 is 1.26 bits per heavy atom. The standard InChI is InChI=1S/C13H13ClN4O/c1-18(2)12(19)9-4-3-5-11(6-9)17-13-15-7-10(14)8-16-13/h3-8H,1-2H3,(H,15,16,17). The molecular formula is C13H13ClN4O. The van der Waals surface area contributed by atoms with Gasteiger partial charge in [-0.1, -0.05) is 17.7 Å². The fourth-order valence-electron chi connectivity index (χ4n) is 1.49. The van der Waals surface area contributed by atoms with Gasteiger partial charge in [-0.25, -0.2) is 9.97 Å². The van der Waals surface area contributed by atoms with Crippen LogP contribution in [0, 0.1) is 0 Å². The van der Waals surface area contributed by atoms with Gasteiger partial charge in [0, 0.05) is 25.3 Å². The smallest absolute Gasteiger partial charge is 0.253 e. The number of hydrogen-bond donors (Lipinski definition) is 1. The molecular weight excluding hydrogens is 264 g/mol. The van der Waals surface area contributed by atoms with E-state index in [0.29, 0.717) is 16.5 Å². The van der Waals surface area contributed by atoms with Crippen molar-refractivity contribution in [2.45, 2.75) is 0 Å². The summed E-state index contributed by atoms with van der Waals surface area (Å²) in [5.41, 5.74) is 1.35. The second kappa shape index (κ2) is 5.67. The Morgan fingerprint density at radius 2 is 1.95 bits per heavy atom. The van der Waals surface area contributed by atoms with E-state index in [2.05, 4.69) is 15.3 Å². The van der Waals surface area contributed by atoms with Crippen LogP contribution in [0.25, 0.3) is 0 Å². The van der Waals surface area contributed by atoms with Crippen molar-refractivity contribution in [3.05, 3.63) is 47.2 Å². The first-order chi connectivity index (χ1) is 9.06. The maximum Gasteiger partial charge on any atom is 0.253 e. The van der Waals surface area contributed by atoms with Crippen LogP contribution >= 0.6 is 11.6 Å². The van der Waals surface area contributed by atoms with E-state index >= 15 is 0 Å². The summed E-state index contributed by atoms with van der Waals surface area (Å²) in [6, 6.07) is 7.15. The molecule has 0 unspecified atom stereocenters. The Balaban J connectivity index is 2.19. The first kappa shape index (κ1) is 13.3. The topological polar surface area (TPSA) is 58.1 Å². The summed E-state index contributed by atoms with van der Waals surface area (Å²) in [5.74, 6) is 0.375. The van der Waals surface area contributed by atoms with Gasteiger partial charge in [0.05, 0.1) is 17.4 Å². The SMILES string of the molecule is CN(C)C(=O)c1cccc(Nc2ncc(Cl)cn2)c1. The lowest BCUT2D eigenvalue weighted by Gasteiger charge is -2.11. The fourth-order valence-corrected chi connectivity index (χ4v) is 1.59. The lowest BCUT2D eigenvalue weighted by Crippen LogP contribution is -2.21. The van der Waals surface area contributed by atoms with E-state index in [0.717, 1.165) is 5.69 Å². The molecule has 19 heavy (non-hydrogen) atoms. The minimum atomic E-state index is -0.0549. The molecule has 1 heterocycles. The van der Waals surface area contributed by atoms with Crippen molar-refractivity contribution >= 4 is 29.1 Å². The molecule has 2 rings (SSSR count). The van der Waals surface area contributed by atoms with E-state index < -0.39 is 0 Å². The Morgan fingerprint density at radius 3 is 2.58 bits per heavy atom. The zero-order valence-corrected chi connectivity index (χ0v) is 11.3. The number of nitrogens with one attached hydrogen (secondary N) is 1. The first-order valence-corrected chi connectivity index (χ1v) is 6.00. The van der Waals surface area contributed by atoms with Gasteiger partial charge in [-0.15, -0.1) is 0 Å². The van der Waals surface area contributed by atoms with Gasteiger partial charge in [-0.05, 0) is 18.2 Å². The molecule has 5 nitrogen and oxygen atoms in total. The van der Waals surface area contributed by atoms with Crippen molar-refractivity contribution in [2.24, 2.45) is 0 Å². The molecule has 1 aromatic carbocycles. The van der Waals surface area contributed by atoms with Crippen LogP contribution in [0.2, 0.25) is 5.02 Å². The van der Waals surface area contributed by atoms with Crippen molar-refractivity contribution in [1.82, 2.24) is 14.9 Å². The molecule has 0 saturated heterocycles.